The zero-order chi connectivity index (χ0) is 15.6. The molecule has 0 saturated heterocycles. The van der Waals surface area contributed by atoms with Gasteiger partial charge in [-0.15, -0.1) is 11.8 Å². The lowest BCUT2D eigenvalue weighted by molar-refractivity contribution is 0.600. The second-order valence-electron chi connectivity index (χ2n) is 4.42. The zero-order valence-electron chi connectivity index (χ0n) is 11.6. The monoisotopic (exact) mass is 386 g/mol. The van der Waals surface area contributed by atoms with Crippen molar-refractivity contribution in [2.75, 3.05) is 16.7 Å². The van der Waals surface area contributed by atoms with Crippen LogP contribution in [-0.4, -0.2) is 14.7 Å². The summed E-state index contributed by atoms with van der Waals surface area (Å²) in [5.74, 6) is 0. The Morgan fingerprint density at radius 2 is 1.90 bits per heavy atom. The van der Waals surface area contributed by atoms with Crippen molar-refractivity contribution in [3.8, 4) is 0 Å². The fourth-order valence-corrected chi connectivity index (χ4v) is 4.51. The van der Waals surface area contributed by atoms with Gasteiger partial charge in [0.05, 0.1) is 10.6 Å². The van der Waals surface area contributed by atoms with Gasteiger partial charge in [-0.3, -0.25) is 4.72 Å². The molecule has 21 heavy (non-hydrogen) atoms. The van der Waals surface area contributed by atoms with E-state index in [9.17, 15) is 8.42 Å². The van der Waals surface area contributed by atoms with Gasteiger partial charge < -0.3 is 5.73 Å². The highest BCUT2D eigenvalue weighted by atomic mass is 79.9. The molecule has 0 spiro atoms. The van der Waals surface area contributed by atoms with Crippen LogP contribution in [0.3, 0.4) is 0 Å². The van der Waals surface area contributed by atoms with E-state index >= 15 is 0 Å². The summed E-state index contributed by atoms with van der Waals surface area (Å²) in [5, 5.41) is 0. The van der Waals surface area contributed by atoms with Crippen LogP contribution in [0.1, 0.15) is 5.56 Å². The second-order valence-corrected chi connectivity index (χ2v) is 7.84. The van der Waals surface area contributed by atoms with E-state index < -0.39 is 10.0 Å². The van der Waals surface area contributed by atoms with Gasteiger partial charge in [0.1, 0.15) is 0 Å². The predicted octanol–water partition coefficient (Wildman–Crippen LogP) is 3.86. The van der Waals surface area contributed by atoms with Gasteiger partial charge in [-0.2, -0.15) is 0 Å². The topological polar surface area (TPSA) is 72.2 Å². The van der Waals surface area contributed by atoms with Crippen LogP contribution in [0.4, 0.5) is 11.4 Å². The van der Waals surface area contributed by atoms with E-state index in [-0.39, 0.29) is 4.90 Å². The highest BCUT2D eigenvalue weighted by molar-refractivity contribution is 9.10. The first-order valence-corrected chi connectivity index (χ1v) is 9.56. The summed E-state index contributed by atoms with van der Waals surface area (Å²) in [6.07, 6.45) is 1.90. The lowest BCUT2D eigenvalue weighted by atomic mass is 10.2. The highest BCUT2D eigenvalue weighted by Gasteiger charge is 2.20. The molecule has 0 heterocycles. The van der Waals surface area contributed by atoms with Crippen molar-refractivity contribution in [2.45, 2.75) is 16.7 Å². The van der Waals surface area contributed by atoms with Crippen LogP contribution in [0, 0.1) is 6.92 Å². The minimum atomic E-state index is -3.69. The SMILES string of the molecule is CSc1ccccc1NS(=O)(=O)c1cc(Br)cc(N)c1C. The van der Waals surface area contributed by atoms with Crippen molar-refractivity contribution in [3.63, 3.8) is 0 Å². The Balaban J connectivity index is 2.49. The molecular formula is C14H15BrN2O2S2. The quantitative estimate of drug-likeness (QED) is 0.617. The van der Waals surface area contributed by atoms with Crippen molar-refractivity contribution < 1.29 is 8.42 Å². The molecule has 0 fully saturated rings. The number of hydrogen-bond donors (Lipinski definition) is 2. The molecule has 0 unspecified atom stereocenters. The number of nitrogens with two attached hydrogens (primary N) is 1. The minimum absolute atomic E-state index is 0.172. The van der Waals surface area contributed by atoms with Gasteiger partial charge in [-0.1, -0.05) is 28.1 Å². The fraction of sp³-hybridized carbons (Fsp3) is 0.143. The maximum absolute atomic E-state index is 12.6. The average molecular weight is 387 g/mol. The summed E-state index contributed by atoms with van der Waals surface area (Å²) in [6, 6.07) is 10.5. The largest absolute Gasteiger partial charge is 0.398 e. The molecule has 0 aliphatic rings. The Kier molecular flexibility index (Phi) is 4.85. The first-order chi connectivity index (χ1) is 9.85. The second kappa shape index (κ2) is 6.29. The molecule has 0 bridgehead atoms. The Hall–Kier alpha value is -1.18. The van der Waals surface area contributed by atoms with Crippen LogP contribution in [0.2, 0.25) is 0 Å². The van der Waals surface area contributed by atoms with E-state index in [2.05, 4.69) is 20.7 Å². The van der Waals surface area contributed by atoms with Gasteiger partial charge in [0.2, 0.25) is 0 Å². The number of sulfonamides is 1. The third-order valence-electron chi connectivity index (χ3n) is 3.01. The van der Waals surface area contributed by atoms with Gasteiger partial charge >= 0.3 is 0 Å². The van der Waals surface area contributed by atoms with Gasteiger partial charge in [-0.05, 0) is 43.0 Å². The van der Waals surface area contributed by atoms with Crippen LogP contribution in [0.25, 0.3) is 0 Å². The van der Waals surface area contributed by atoms with Crippen LogP contribution >= 0.6 is 27.7 Å². The Morgan fingerprint density at radius 1 is 1.24 bits per heavy atom. The molecule has 2 aromatic carbocycles. The number of hydrogen-bond acceptors (Lipinski definition) is 4. The van der Waals surface area contributed by atoms with Crippen molar-refractivity contribution in [1.82, 2.24) is 0 Å². The van der Waals surface area contributed by atoms with E-state index in [0.29, 0.717) is 21.4 Å². The summed E-state index contributed by atoms with van der Waals surface area (Å²) in [5.41, 5.74) is 7.37. The molecular weight excluding hydrogens is 372 g/mol. The van der Waals surface area contributed by atoms with Gasteiger partial charge in [0, 0.05) is 15.1 Å². The number of nitrogen functional groups attached to an aromatic ring is 1. The molecule has 0 aromatic heterocycles. The van der Waals surface area contributed by atoms with E-state index in [1.807, 2.05) is 18.4 Å². The van der Waals surface area contributed by atoms with Crippen molar-refractivity contribution in [3.05, 3.63) is 46.4 Å². The van der Waals surface area contributed by atoms with Crippen molar-refractivity contribution in [2.24, 2.45) is 0 Å². The molecule has 0 amide bonds. The summed E-state index contributed by atoms with van der Waals surface area (Å²) in [7, 11) is -3.69. The van der Waals surface area contributed by atoms with Crippen LogP contribution in [-0.2, 0) is 10.0 Å². The minimum Gasteiger partial charge on any atom is -0.398 e. The first-order valence-electron chi connectivity index (χ1n) is 6.06. The van der Waals surface area contributed by atoms with Crippen LogP contribution < -0.4 is 10.5 Å². The number of benzene rings is 2. The van der Waals surface area contributed by atoms with Crippen LogP contribution in [0.5, 0.6) is 0 Å². The molecule has 0 aliphatic carbocycles. The summed E-state index contributed by atoms with van der Waals surface area (Å²) in [4.78, 5) is 1.03. The van der Waals surface area contributed by atoms with Crippen LogP contribution in [0.15, 0.2) is 50.7 Å². The number of nitrogens with one attached hydrogen (secondary N) is 1. The van der Waals surface area contributed by atoms with E-state index in [1.165, 1.54) is 11.8 Å². The zero-order valence-corrected chi connectivity index (χ0v) is 14.8. The smallest absolute Gasteiger partial charge is 0.262 e. The van der Waals surface area contributed by atoms with E-state index in [1.54, 1.807) is 31.2 Å². The molecule has 0 atom stereocenters. The number of rotatable bonds is 4. The summed E-state index contributed by atoms with van der Waals surface area (Å²) in [6.45, 7) is 1.69. The number of anilines is 2. The molecule has 0 radical (unpaired) electrons. The standard InChI is InChI=1S/C14H15BrN2O2S2/c1-9-11(16)7-10(15)8-14(9)21(18,19)17-12-5-3-4-6-13(12)20-2/h3-8,17H,16H2,1-2H3. The lowest BCUT2D eigenvalue weighted by Crippen LogP contribution is -2.15. The maximum atomic E-state index is 12.6. The molecule has 4 nitrogen and oxygen atoms in total. The van der Waals surface area contributed by atoms with E-state index in [4.69, 9.17) is 5.73 Å². The molecule has 0 aliphatic heterocycles. The summed E-state index contributed by atoms with van der Waals surface area (Å²) < 4.78 is 28.4. The third kappa shape index (κ3) is 3.53. The predicted molar refractivity (Wildman–Crippen MR) is 92.3 cm³/mol. The van der Waals surface area contributed by atoms with Gasteiger partial charge in [-0.25, -0.2) is 8.42 Å². The van der Waals surface area contributed by atoms with Gasteiger partial charge in [0.15, 0.2) is 0 Å². The average Bonchev–Trinajstić information content (AvgIpc) is 2.43. The molecule has 7 heteroatoms. The third-order valence-corrected chi connectivity index (χ3v) is 5.75. The normalized spacial score (nSPS) is 11.4. The molecule has 3 N–H and O–H groups in total. The Morgan fingerprint density at radius 3 is 2.57 bits per heavy atom. The molecule has 0 saturated carbocycles. The lowest BCUT2D eigenvalue weighted by Gasteiger charge is -2.14. The fourth-order valence-electron chi connectivity index (χ4n) is 1.88. The Bertz CT molecular complexity index is 777. The first kappa shape index (κ1) is 16.2. The van der Waals surface area contributed by atoms with Crippen molar-refractivity contribution in [1.29, 1.82) is 0 Å². The molecule has 112 valence electrons. The van der Waals surface area contributed by atoms with Crippen molar-refractivity contribution >= 4 is 49.1 Å². The number of halogens is 1. The number of para-hydroxylation sites is 1. The van der Waals surface area contributed by atoms with Gasteiger partial charge in [0.25, 0.3) is 10.0 Å². The summed E-state index contributed by atoms with van der Waals surface area (Å²) >= 11 is 4.76. The Labute approximate surface area is 137 Å². The molecule has 2 rings (SSSR count). The molecule has 2 aromatic rings. The van der Waals surface area contributed by atoms with E-state index in [0.717, 1.165) is 4.90 Å². The highest BCUT2D eigenvalue weighted by Crippen LogP contribution is 2.30. The number of thioether (sulfide) groups is 1. The maximum Gasteiger partial charge on any atom is 0.262 e.